The maximum atomic E-state index is 5.00. The second-order valence-electron chi connectivity index (χ2n) is 13.6. The van der Waals surface area contributed by atoms with Crippen LogP contribution in [0.4, 0.5) is 0 Å². The van der Waals surface area contributed by atoms with Gasteiger partial charge in [-0.1, -0.05) is 140 Å². The summed E-state index contributed by atoms with van der Waals surface area (Å²) in [4.78, 5) is 14.9. The van der Waals surface area contributed by atoms with Crippen molar-refractivity contribution in [1.29, 1.82) is 0 Å². The van der Waals surface area contributed by atoms with E-state index in [9.17, 15) is 0 Å². The molecule has 0 amide bonds. The van der Waals surface area contributed by atoms with Gasteiger partial charge in [-0.15, -0.1) is 11.3 Å². The molecular formula is C49H30N4S. The minimum absolute atomic E-state index is 0.641. The lowest BCUT2D eigenvalue weighted by atomic mass is 9.96. The zero-order valence-corrected chi connectivity index (χ0v) is 29.8. The number of rotatable bonds is 5. The van der Waals surface area contributed by atoms with Gasteiger partial charge in [0.2, 0.25) is 0 Å². The fourth-order valence-corrected chi connectivity index (χ4v) is 9.23. The first-order valence-electron chi connectivity index (χ1n) is 18.1. The van der Waals surface area contributed by atoms with E-state index in [1.54, 1.807) is 0 Å². The number of benzene rings is 8. The highest BCUT2D eigenvalue weighted by Gasteiger charge is 2.23. The van der Waals surface area contributed by atoms with Crippen LogP contribution in [0.1, 0.15) is 0 Å². The van der Waals surface area contributed by atoms with Crippen LogP contribution in [-0.4, -0.2) is 19.5 Å². The molecule has 0 unspecified atom stereocenters. The highest BCUT2D eigenvalue weighted by atomic mass is 32.1. The van der Waals surface area contributed by atoms with E-state index in [-0.39, 0.29) is 0 Å². The van der Waals surface area contributed by atoms with E-state index in [4.69, 9.17) is 15.0 Å². The monoisotopic (exact) mass is 706 g/mol. The van der Waals surface area contributed by atoms with E-state index in [1.165, 1.54) is 63.9 Å². The summed E-state index contributed by atoms with van der Waals surface area (Å²) in [6.45, 7) is 0. The Kier molecular flexibility index (Phi) is 7.00. The molecule has 11 rings (SSSR count). The van der Waals surface area contributed by atoms with Gasteiger partial charge >= 0.3 is 0 Å². The SMILES string of the molecule is c1ccc(-c2nc(-c3ccccc3)nc(-c3ccc(-n4c5ccc6ccccc6c5c5cc(-c6ccccc6)c6c7ccccc7sc6c54)cc3)n2)cc1. The van der Waals surface area contributed by atoms with Crippen molar-refractivity contribution in [1.82, 2.24) is 19.5 Å². The van der Waals surface area contributed by atoms with Crippen LogP contribution >= 0.6 is 11.3 Å². The smallest absolute Gasteiger partial charge is 0.164 e. The molecule has 0 atom stereocenters. The largest absolute Gasteiger partial charge is 0.308 e. The van der Waals surface area contributed by atoms with Gasteiger partial charge in [-0.3, -0.25) is 0 Å². The van der Waals surface area contributed by atoms with Gasteiger partial charge in [-0.2, -0.15) is 0 Å². The molecule has 8 aromatic carbocycles. The van der Waals surface area contributed by atoms with E-state index in [0.29, 0.717) is 17.5 Å². The minimum Gasteiger partial charge on any atom is -0.308 e. The molecule has 5 heteroatoms. The van der Waals surface area contributed by atoms with Gasteiger partial charge in [0.1, 0.15) is 0 Å². The Morgan fingerprint density at radius 2 is 0.944 bits per heavy atom. The molecule has 0 bridgehead atoms. The van der Waals surface area contributed by atoms with E-state index in [2.05, 4.69) is 126 Å². The van der Waals surface area contributed by atoms with Gasteiger partial charge in [0, 0.05) is 48.6 Å². The van der Waals surface area contributed by atoms with Crippen molar-refractivity contribution in [3.63, 3.8) is 0 Å². The highest BCUT2D eigenvalue weighted by molar-refractivity contribution is 7.26. The minimum atomic E-state index is 0.641. The molecule has 0 aliphatic rings. The number of nitrogens with zero attached hydrogens (tertiary/aromatic N) is 4. The maximum Gasteiger partial charge on any atom is 0.164 e. The van der Waals surface area contributed by atoms with Crippen LogP contribution < -0.4 is 0 Å². The lowest BCUT2D eigenvalue weighted by molar-refractivity contribution is 1.07. The standard InChI is InChI=1S/C49H30N4S/c1-4-14-31(15-5-1)39-30-40-43-37-21-11-10-16-32(37)26-29-41(43)53(45(40)46-44(39)38-22-12-13-23-42(38)54-46)36-27-24-35(25-28-36)49-51-47(33-17-6-2-7-18-33)50-48(52-49)34-19-8-3-9-20-34/h1-30H. The third-order valence-corrected chi connectivity index (χ3v) is 11.6. The normalized spacial score (nSPS) is 11.7. The van der Waals surface area contributed by atoms with Gasteiger partial charge in [-0.05, 0) is 64.4 Å². The molecule has 252 valence electrons. The molecule has 54 heavy (non-hydrogen) atoms. The molecule has 3 heterocycles. The molecule has 4 nitrogen and oxygen atoms in total. The second kappa shape index (κ2) is 12.3. The van der Waals surface area contributed by atoms with Crippen molar-refractivity contribution in [2.45, 2.75) is 0 Å². The third-order valence-electron chi connectivity index (χ3n) is 10.4. The van der Waals surface area contributed by atoms with Crippen LogP contribution in [0.5, 0.6) is 0 Å². The van der Waals surface area contributed by atoms with Crippen molar-refractivity contribution >= 4 is 64.1 Å². The summed E-state index contributed by atoms with van der Waals surface area (Å²) in [6.07, 6.45) is 0. The van der Waals surface area contributed by atoms with E-state index >= 15 is 0 Å². The summed E-state index contributed by atoms with van der Waals surface area (Å²) in [6, 6.07) is 64.3. The van der Waals surface area contributed by atoms with E-state index in [0.717, 1.165) is 22.4 Å². The molecule has 11 aromatic rings. The molecule has 0 aliphatic carbocycles. The number of aromatic nitrogens is 4. The molecule has 0 saturated carbocycles. The van der Waals surface area contributed by atoms with E-state index in [1.807, 2.05) is 72.0 Å². The summed E-state index contributed by atoms with van der Waals surface area (Å²) >= 11 is 1.88. The zero-order valence-electron chi connectivity index (χ0n) is 29.0. The van der Waals surface area contributed by atoms with Crippen molar-refractivity contribution in [2.24, 2.45) is 0 Å². The van der Waals surface area contributed by atoms with Gasteiger partial charge in [0.15, 0.2) is 17.5 Å². The Balaban J connectivity index is 1.18. The third kappa shape index (κ3) is 4.86. The van der Waals surface area contributed by atoms with Crippen molar-refractivity contribution in [3.05, 3.63) is 182 Å². The molecule has 0 N–H and O–H groups in total. The van der Waals surface area contributed by atoms with Gasteiger partial charge in [0.05, 0.1) is 15.7 Å². The zero-order chi connectivity index (χ0) is 35.6. The molecule has 0 radical (unpaired) electrons. The van der Waals surface area contributed by atoms with Crippen LogP contribution in [0.3, 0.4) is 0 Å². The van der Waals surface area contributed by atoms with Crippen LogP contribution in [0.2, 0.25) is 0 Å². The van der Waals surface area contributed by atoms with Gasteiger partial charge in [0.25, 0.3) is 0 Å². The lowest BCUT2D eigenvalue weighted by Crippen LogP contribution is -2.00. The Morgan fingerprint density at radius 3 is 1.59 bits per heavy atom. The van der Waals surface area contributed by atoms with Crippen molar-refractivity contribution in [3.8, 4) is 51.0 Å². The molecule has 0 spiro atoms. The first-order chi connectivity index (χ1) is 26.8. The Hall–Kier alpha value is -6.95. The van der Waals surface area contributed by atoms with Crippen LogP contribution in [0.25, 0.3) is 104 Å². The summed E-state index contributed by atoms with van der Waals surface area (Å²) in [5.41, 5.74) is 8.81. The average molecular weight is 707 g/mol. The first-order valence-corrected chi connectivity index (χ1v) is 18.9. The number of hydrogen-bond donors (Lipinski definition) is 0. The van der Waals surface area contributed by atoms with Crippen LogP contribution in [0.15, 0.2) is 182 Å². The number of hydrogen-bond acceptors (Lipinski definition) is 4. The second-order valence-corrected chi connectivity index (χ2v) is 14.6. The number of fused-ring (bicyclic) bond motifs is 9. The molecule has 0 saturated heterocycles. The van der Waals surface area contributed by atoms with Crippen molar-refractivity contribution < 1.29 is 0 Å². The topological polar surface area (TPSA) is 43.6 Å². The number of thiophene rings is 1. The maximum absolute atomic E-state index is 5.00. The lowest BCUT2D eigenvalue weighted by Gasteiger charge is -2.12. The summed E-state index contributed by atoms with van der Waals surface area (Å²) in [5, 5.41) is 7.58. The fraction of sp³-hybridized carbons (Fsp3) is 0. The molecule has 0 aliphatic heterocycles. The summed E-state index contributed by atoms with van der Waals surface area (Å²) in [7, 11) is 0. The Bertz CT molecular complexity index is 3130. The first kappa shape index (κ1) is 30.7. The van der Waals surface area contributed by atoms with Crippen LogP contribution in [-0.2, 0) is 0 Å². The summed E-state index contributed by atoms with van der Waals surface area (Å²) in [5.74, 6) is 1.94. The predicted octanol–water partition coefficient (Wildman–Crippen LogP) is 13.2. The average Bonchev–Trinajstić information content (AvgIpc) is 3.81. The molecule has 3 aromatic heterocycles. The Labute approximate surface area is 315 Å². The molecule has 0 fully saturated rings. The quantitative estimate of drug-likeness (QED) is 0.179. The molecular weight excluding hydrogens is 677 g/mol. The van der Waals surface area contributed by atoms with Crippen LogP contribution in [0, 0.1) is 0 Å². The van der Waals surface area contributed by atoms with E-state index < -0.39 is 0 Å². The predicted molar refractivity (Wildman–Crippen MR) is 226 cm³/mol. The Morgan fingerprint density at radius 1 is 0.407 bits per heavy atom. The summed E-state index contributed by atoms with van der Waals surface area (Å²) < 4.78 is 5.04. The fourth-order valence-electron chi connectivity index (χ4n) is 7.96. The van der Waals surface area contributed by atoms with Gasteiger partial charge in [-0.25, -0.2) is 15.0 Å². The highest BCUT2D eigenvalue weighted by Crippen LogP contribution is 2.48. The van der Waals surface area contributed by atoms with Gasteiger partial charge < -0.3 is 4.57 Å². The van der Waals surface area contributed by atoms with Crippen molar-refractivity contribution in [2.75, 3.05) is 0 Å².